The van der Waals surface area contributed by atoms with Gasteiger partial charge in [0, 0.05) is 41.5 Å². The summed E-state index contributed by atoms with van der Waals surface area (Å²) in [6, 6.07) is 12.8. The molecule has 2 aromatic carbocycles. The monoisotopic (exact) mass is 445 g/mol. The number of hydrogen-bond donors (Lipinski definition) is 1. The maximum Gasteiger partial charge on any atom is 0.224 e. The first kappa shape index (κ1) is 20.7. The van der Waals surface area contributed by atoms with Crippen molar-refractivity contribution in [3.8, 4) is 11.3 Å². The zero-order valence-electron chi connectivity index (χ0n) is 16.2. The molecule has 1 aliphatic rings. The molecular formula is C22H21Cl2N3O3. The average Bonchev–Trinajstić information content (AvgIpc) is 3.23. The van der Waals surface area contributed by atoms with Crippen molar-refractivity contribution in [2.75, 3.05) is 36.5 Å². The molecule has 156 valence electrons. The second-order valence-corrected chi connectivity index (χ2v) is 7.81. The summed E-state index contributed by atoms with van der Waals surface area (Å²) < 4.78 is 11.2. The molecule has 0 saturated carbocycles. The van der Waals surface area contributed by atoms with Crippen LogP contribution < -0.4 is 10.2 Å². The van der Waals surface area contributed by atoms with Crippen molar-refractivity contribution in [2.24, 2.45) is 0 Å². The molecule has 1 aliphatic heterocycles. The SMILES string of the molecule is O=C(CCc1ncc(-c2ccc(Cl)cc2)o1)Nc1cc(Cl)ccc1N1CCOCC1. The number of benzene rings is 2. The molecule has 0 radical (unpaired) electrons. The lowest BCUT2D eigenvalue weighted by atomic mass is 10.2. The Morgan fingerprint density at radius 3 is 2.57 bits per heavy atom. The zero-order chi connectivity index (χ0) is 20.9. The van der Waals surface area contributed by atoms with Gasteiger partial charge in [0.15, 0.2) is 11.7 Å². The Labute approximate surface area is 184 Å². The number of ether oxygens (including phenoxy) is 1. The highest BCUT2D eigenvalue weighted by Gasteiger charge is 2.17. The third-order valence-corrected chi connectivity index (χ3v) is 5.32. The number of carbonyl (C=O) groups is 1. The summed E-state index contributed by atoms with van der Waals surface area (Å²) in [7, 11) is 0. The van der Waals surface area contributed by atoms with Gasteiger partial charge in [0.1, 0.15) is 0 Å². The van der Waals surface area contributed by atoms with E-state index in [1.807, 2.05) is 24.3 Å². The van der Waals surface area contributed by atoms with Crippen LogP contribution in [-0.4, -0.2) is 37.2 Å². The normalized spacial score (nSPS) is 14.0. The number of aryl methyl sites for hydroxylation is 1. The summed E-state index contributed by atoms with van der Waals surface area (Å²) in [5, 5.41) is 4.21. The third kappa shape index (κ3) is 5.14. The largest absolute Gasteiger partial charge is 0.441 e. The Hall–Kier alpha value is -2.54. The van der Waals surface area contributed by atoms with Crippen LogP contribution in [0.15, 0.2) is 53.1 Å². The predicted octanol–water partition coefficient (Wildman–Crippen LogP) is 5.06. The minimum absolute atomic E-state index is 0.127. The number of anilines is 2. The molecule has 6 nitrogen and oxygen atoms in total. The quantitative estimate of drug-likeness (QED) is 0.574. The zero-order valence-corrected chi connectivity index (χ0v) is 17.7. The number of nitrogens with zero attached hydrogens (tertiary/aromatic N) is 2. The molecule has 0 aliphatic carbocycles. The van der Waals surface area contributed by atoms with E-state index in [1.165, 1.54) is 0 Å². The van der Waals surface area contributed by atoms with Crippen molar-refractivity contribution in [2.45, 2.75) is 12.8 Å². The van der Waals surface area contributed by atoms with Gasteiger partial charge < -0.3 is 19.4 Å². The number of oxazole rings is 1. The summed E-state index contributed by atoms with van der Waals surface area (Å²) in [5.41, 5.74) is 2.53. The van der Waals surface area contributed by atoms with Crippen molar-refractivity contribution in [3.05, 3.63) is 64.6 Å². The van der Waals surface area contributed by atoms with Crippen molar-refractivity contribution >= 4 is 40.5 Å². The molecule has 0 unspecified atom stereocenters. The van der Waals surface area contributed by atoms with E-state index < -0.39 is 0 Å². The van der Waals surface area contributed by atoms with E-state index in [4.69, 9.17) is 32.4 Å². The van der Waals surface area contributed by atoms with E-state index in [0.29, 0.717) is 47.0 Å². The summed E-state index contributed by atoms with van der Waals surface area (Å²) in [6.45, 7) is 2.87. The number of hydrogen-bond acceptors (Lipinski definition) is 5. The highest BCUT2D eigenvalue weighted by Crippen LogP contribution is 2.30. The van der Waals surface area contributed by atoms with Crippen molar-refractivity contribution < 1.29 is 13.9 Å². The Morgan fingerprint density at radius 1 is 1.07 bits per heavy atom. The molecule has 0 atom stereocenters. The molecule has 3 aromatic rings. The first-order valence-electron chi connectivity index (χ1n) is 9.71. The van der Waals surface area contributed by atoms with Gasteiger partial charge in [0.25, 0.3) is 0 Å². The van der Waals surface area contributed by atoms with Crippen molar-refractivity contribution in [3.63, 3.8) is 0 Å². The van der Waals surface area contributed by atoms with Crippen molar-refractivity contribution in [1.82, 2.24) is 4.98 Å². The molecule has 1 aromatic heterocycles. The predicted molar refractivity (Wildman–Crippen MR) is 118 cm³/mol. The van der Waals surface area contributed by atoms with Gasteiger partial charge in [-0.15, -0.1) is 0 Å². The molecule has 2 heterocycles. The second-order valence-electron chi connectivity index (χ2n) is 6.93. The van der Waals surface area contributed by atoms with Gasteiger partial charge in [-0.25, -0.2) is 4.98 Å². The smallest absolute Gasteiger partial charge is 0.224 e. The van der Waals surface area contributed by atoms with E-state index in [2.05, 4.69) is 15.2 Å². The molecule has 30 heavy (non-hydrogen) atoms. The summed E-state index contributed by atoms with van der Waals surface area (Å²) in [4.78, 5) is 19.0. The van der Waals surface area contributed by atoms with Crippen LogP contribution in [0.3, 0.4) is 0 Å². The Morgan fingerprint density at radius 2 is 1.80 bits per heavy atom. The number of aromatic nitrogens is 1. The number of nitrogens with one attached hydrogen (secondary N) is 1. The Kier molecular flexibility index (Phi) is 6.57. The fourth-order valence-corrected chi connectivity index (χ4v) is 3.59. The number of amides is 1. The lowest BCUT2D eigenvalue weighted by Gasteiger charge is -2.30. The minimum Gasteiger partial charge on any atom is -0.441 e. The molecule has 1 amide bonds. The van der Waals surface area contributed by atoms with Crippen LogP contribution in [0.4, 0.5) is 11.4 Å². The van der Waals surface area contributed by atoms with Gasteiger partial charge in [0.2, 0.25) is 5.91 Å². The standard InChI is InChI=1S/C22H21Cl2N3O3/c23-16-3-1-15(2-4-16)20-14-25-22(30-20)8-7-21(28)26-18-13-17(24)5-6-19(18)27-9-11-29-12-10-27/h1-6,13-14H,7-12H2,(H,26,28). The molecular weight excluding hydrogens is 425 g/mol. The maximum absolute atomic E-state index is 12.6. The van der Waals surface area contributed by atoms with E-state index in [0.717, 1.165) is 24.3 Å². The van der Waals surface area contributed by atoms with Gasteiger partial charge in [-0.05, 0) is 42.5 Å². The Balaban J connectivity index is 1.38. The van der Waals surface area contributed by atoms with Gasteiger partial charge in [-0.2, -0.15) is 0 Å². The summed E-state index contributed by atoms with van der Waals surface area (Å²) in [5.74, 6) is 1.03. The molecule has 4 rings (SSSR count). The number of halogens is 2. The van der Waals surface area contributed by atoms with Crippen LogP contribution in [0.1, 0.15) is 12.3 Å². The van der Waals surface area contributed by atoms with Gasteiger partial charge >= 0.3 is 0 Å². The summed E-state index contributed by atoms with van der Waals surface area (Å²) >= 11 is 12.1. The van der Waals surface area contributed by atoms with Gasteiger partial charge in [0.05, 0.1) is 30.8 Å². The van der Waals surface area contributed by atoms with Crippen LogP contribution >= 0.6 is 23.2 Å². The fraction of sp³-hybridized carbons (Fsp3) is 0.273. The number of morpholine rings is 1. The lowest BCUT2D eigenvalue weighted by molar-refractivity contribution is -0.116. The molecule has 1 saturated heterocycles. The first-order chi connectivity index (χ1) is 14.6. The number of rotatable bonds is 6. The molecule has 8 heteroatoms. The van der Waals surface area contributed by atoms with Gasteiger partial charge in [-0.3, -0.25) is 4.79 Å². The Bertz CT molecular complexity index is 1010. The number of carbonyl (C=O) groups excluding carboxylic acids is 1. The van der Waals surface area contributed by atoms with E-state index >= 15 is 0 Å². The van der Waals surface area contributed by atoms with Crippen LogP contribution in [0.5, 0.6) is 0 Å². The molecule has 0 spiro atoms. The first-order valence-corrected chi connectivity index (χ1v) is 10.5. The lowest BCUT2D eigenvalue weighted by Crippen LogP contribution is -2.36. The van der Waals surface area contributed by atoms with Gasteiger partial charge in [-0.1, -0.05) is 23.2 Å². The minimum atomic E-state index is -0.127. The molecule has 0 bridgehead atoms. The van der Waals surface area contributed by atoms with Crippen LogP contribution in [-0.2, 0) is 16.0 Å². The topological polar surface area (TPSA) is 67.6 Å². The van der Waals surface area contributed by atoms with E-state index in [1.54, 1.807) is 24.4 Å². The van der Waals surface area contributed by atoms with Crippen LogP contribution in [0, 0.1) is 0 Å². The maximum atomic E-state index is 12.6. The fourth-order valence-electron chi connectivity index (χ4n) is 3.30. The second kappa shape index (κ2) is 9.51. The van der Waals surface area contributed by atoms with Crippen LogP contribution in [0.25, 0.3) is 11.3 Å². The van der Waals surface area contributed by atoms with Crippen LogP contribution in [0.2, 0.25) is 10.0 Å². The molecule has 1 fully saturated rings. The van der Waals surface area contributed by atoms with E-state index in [-0.39, 0.29) is 12.3 Å². The highest BCUT2D eigenvalue weighted by molar-refractivity contribution is 6.31. The van der Waals surface area contributed by atoms with Crippen molar-refractivity contribution in [1.29, 1.82) is 0 Å². The highest BCUT2D eigenvalue weighted by atomic mass is 35.5. The average molecular weight is 446 g/mol. The summed E-state index contributed by atoms with van der Waals surface area (Å²) in [6.07, 6.45) is 2.30. The van der Waals surface area contributed by atoms with E-state index in [9.17, 15) is 4.79 Å². The third-order valence-electron chi connectivity index (χ3n) is 4.83. The molecule has 1 N–H and O–H groups in total.